The number of aryl methyl sites for hydroxylation is 3. The minimum Gasteiger partial charge on any atom is -0.323 e. The predicted molar refractivity (Wildman–Crippen MR) is 116 cm³/mol. The minimum absolute atomic E-state index is 0.00787. The van der Waals surface area contributed by atoms with Gasteiger partial charge in [-0.3, -0.25) is 23.6 Å². The summed E-state index contributed by atoms with van der Waals surface area (Å²) in [6, 6.07) is 1.06. The van der Waals surface area contributed by atoms with Gasteiger partial charge in [-0.15, -0.1) is 0 Å². The van der Waals surface area contributed by atoms with E-state index in [4.69, 9.17) is 0 Å². The SMILES string of the molecule is CCn1ncc(NC(=O)CCn2nc(C(F)(F)F)cc2C2CC2)c1C(=O)Nc1cnn(C)c1C. The normalized spacial score (nSPS) is 13.8. The molecule has 2 amide bonds. The van der Waals surface area contributed by atoms with Crippen LogP contribution in [0.4, 0.5) is 24.5 Å². The molecule has 4 rings (SSSR count). The van der Waals surface area contributed by atoms with E-state index in [1.165, 1.54) is 21.8 Å². The number of carbonyl (C=O) groups excluding carboxylic acids is 2. The van der Waals surface area contributed by atoms with Crippen molar-refractivity contribution in [3.05, 3.63) is 41.2 Å². The lowest BCUT2D eigenvalue weighted by molar-refractivity contribution is -0.141. The third kappa shape index (κ3) is 4.82. The van der Waals surface area contributed by atoms with Crippen molar-refractivity contribution in [2.75, 3.05) is 10.6 Å². The van der Waals surface area contributed by atoms with Crippen molar-refractivity contribution in [3.8, 4) is 0 Å². The quantitative estimate of drug-likeness (QED) is 0.516. The van der Waals surface area contributed by atoms with Gasteiger partial charge in [0.25, 0.3) is 5.91 Å². The molecule has 1 saturated carbocycles. The largest absolute Gasteiger partial charge is 0.435 e. The van der Waals surface area contributed by atoms with E-state index in [1.54, 1.807) is 25.6 Å². The van der Waals surface area contributed by atoms with Gasteiger partial charge < -0.3 is 10.6 Å². The number of carbonyl (C=O) groups is 2. The van der Waals surface area contributed by atoms with E-state index < -0.39 is 23.7 Å². The fraction of sp³-hybridized carbons (Fsp3) is 0.476. The summed E-state index contributed by atoms with van der Waals surface area (Å²) in [6.07, 6.45) is -0.146. The molecule has 1 aliphatic carbocycles. The molecule has 0 spiro atoms. The van der Waals surface area contributed by atoms with E-state index in [1.807, 2.05) is 0 Å². The summed E-state index contributed by atoms with van der Waals surface area (Å²) < 4.78 is 43.6. The second-order valence-electron chi connectivity index (χ2n) is 8.19. The average molecular weight is 478 g/mol. The van der Waals surface area contributed by atoms with Crippen LogP contribution in [-0.4, -0.2) is 41.2 Å². The summed E-state index contributed by atoms with van der Waals surface area (Å²) in [5.74, 6) is -0.891. The van der Waals surface area contributed by atoms with Crippen LogP contribution in [0.15, 0.2) is 18.5 Å². The molecule has 0 aromatic carbocycles. The molecule has 3 aromatic rings. The zero-order valence-electron chi connectivity index (χ0n) is 19.0. The van der Waals surface area contributed by atoms with Crippen LogP contribution in [-0.2, 0) is 31.1 Å². The van der Waals surface area contributed by atoms with Gasteiger partial charge in [-0.1, -0.05) is 0 Å². The van der Waals surface area contributed by atoms with Crippen LogP contribution >= 0.6 is 0 Å². The summed E-state index contributed by atoms with van der Waals surface area (Å²) in [7, 11) is 1.75. The first-order valence-electron chi connectivity index (χ1n) is 10.9. The number of rotatable bonds is 8. The highest BCUT2D eigenvalue weighted by molar-refractivity contribution is 6.09. The van der Waals surface area contributed by atoms with Crippen molar-refractivity contribution in [1.82, 2.24) is 29.3 Å². The molecule has 1 fully saturated rings. The third-order valence-corrected chi connectivity index (χ3v) is 5.76. The number of alkyl halides is 3. The van der Waals surface area contributed by atoms with Gasteiger partial charge in [0.2, 0.25) is 5.91 Å². The Labute approximate surface area is 193 Å². The number of aromatic nitrogens is 6. The second kappa shape index (κ2) is 8.95. The molecule has 3 aromatic heterocycles. The zero-order valence-corrected chi connectivity index (χ0v) is 19.0. The Morgan fingerprint density at radius 3 is 2.41 bits per heavy atom. The number of hydrogen-bond donors (Lipinski definition) is 2. The first-order valence-corrected chi connectivity index (χ1v) is 10.9. The van der Waals surface area contributed by atoms with Gasteiger partial charge in [0.1, 0.15) is 5.69 Å². The molecule has 1 aliphatic rings. The molecule has 0 bridgehead atoms. The summed E-state index contributed by atoms with van der Waals surface area (Å²) in [4.78, 5) is 25.6. The average Bonchev–Trinajstić information content (AvgIpc) is 3.27. The van der Waals surface area contributed by atoms with Crippen molar-refractivity contribution in [2.24, 2.45) is 7.05 Å². The van der Waals surface area contributed by atoms with Gasteiger partial charge >= 0.3 is 6.18 Å². The monoisotopic (exact) mass is 478 g/mol. The van der Waals surface area contributed by atoms with E-state index >= 15 is 0 Å². The van der Waals surface area contributed by atoms with Gasteiger partial charge in [-0.25, -0.2) is 0 Å². The molecule has 10 nitrogen and oxygen atoms in total. The number of hydrogen-bond acceptors (Lipinski definition) is 5. The Bertz CT molecular complexity index is 1220. The standard InChI is InChI=1S/C21H25F3N8O2/c1-4-31-19(20(34)28-14-10-25-30(3)12(14)2)15(11-26-31)27-18(33)7-8-32-16(13-5-6-13)9-17(29-32)21(22,23)24/h9-11,13H,4-8H2,1-3H3,(H,27,33)(H,28,34). The molecule has 3 heterocycles. The van der Waals surface area contributed by atoms with Crippen LogP contribution in [0.3, 0.4) is 0 Å². The molecule has 182 valence electrons. The van der Waals surface area contributed by atoms with Crippen LogP contribution in [0.1, 0.15) is 59.7 Å². The molecule has 2 N–H and O–H groups in total. The predicted octanol–water partition coefficient (Wildman–Crippen LogP) is 3.32. The first kappa shape index (κ1) is 23.5. The summed E-state index contributed by atoms with van der Waals surface area (Å²) in [6.45, 7) is 3.99. The lowest BCUT2D eigenvalue weighted by Crippen LogP contribution is -2.22. The van der Waals surface area contributed by atoms with Crippen LogP contribution in [0.2, 0.25) is 0 Å². The molecule has 13 heteroatoms. The highest BCUT2D eigenvalue weighted by Crippen LogP contribution is 2.42. The van der Waals surface area contributed by atoms with Crippen molar-refractivity contribution in [3.63, 3.8) is 0 Å². The van der Waals surface area contributed by atoms with Gasteiger partial charge in [0.05, 0.1) is 29.5 Å². The second-order valence-corrected chi connectivity index (χ2v) is 8.19. The van der Waals surface area contributed by atoms with Crippen molar-refractivity contribution < 1.29 is 22.8 Å². The number of nitrogens with one attached hydrogen (secondary N) is 2. The Morgan fingerprint density at radius 1 is 1.12 bits per heavy atom. The summed E-state index contributed by atoms with van der Waals surface area (Å²) >= 11 is 0. The lowest BCUT2D eigenvalue weighted by atomic mass is 10.2. The van der Waals surface area contributed by atoms with E-state index in [2.05, 4.69) is 25.9 Å². The number of nitrogens with zero attached hydrogens (tertiary/aromatic N) is 6. The maximum Gasteiger partial charge on any atom is 0.435 e. The molecule has 0 aliphatic heterocycles. The fourth-order valence-electron chi connectivity index (χ4n) is 3.64. The van der Waals surface area contributed by atoms with Crippen molar-refractivity contribution in [2.45, 2.75) is 58.3 Å². The highest BCUT2D eigenvalue weighted by atomic mass is 19.4. The third-order valence-electron chi connectivity index (χ3n) is 5.76. The Balaban J connectivity index is 1.46. The van der Waals surface area contributed by atoms with E-state index in [-0.39, 0.29) is 30.3 Å². The molecular weight excluding hydrogens is 453 g/mol. The molecular formula is C21H25F3N8O2. The smallest absolute Gasteiger partial charge is 0.323 e. The Morgan fingerprint density at radius 2 is 1.82 bits per heavy atom. The minimum atomic E-state index is -4.54. The molecule has 34 heavy (non-hydrogen) atoms. The van der Waals surface area contributed by atoms with Crippen molar-refractivity contribution >= 4 is 23.2 Å². The summed E-state index contributed by atoms with van der Waals surface area (Å²) in [5.41, 5.74) is 1.20. The van der Waals surface area contributed by atoms with E-state index in [0.717, 1.165) is 24.6 Å². The van der Waals surface area contributed by atoms with Crippen LogP contribution in [0, 0.1) is 6.92 Å². The number of anilines is 2. The molecule has 0 saturated heterocycles. The van der Waals surface area contributed by atoms with Crippen molar-refractivity contribution in [1.29, 1.82) is 0 Å². The topological polar surface area (TPSA) is 112 Å². The molecule has 0 unspecified atom stereocenters. The summed E-state index contributed by atoms with van der Waals surface area (Å²) in [5, 5.41) is 17.3. The zero-order chi connectivity index (χ0) is 24.6. The van der Waals surface area contributed by atoms with Gasteiger partial charge in [0.15, 0.2) is 5.69 Å². The molecule has 0 atom stereocenters. The maximum atomic E-state index is 13.1. The highest BCUT2D eigenvalue weighted by Gasteiger charge is 2.37. The molecule has 0 radical (unpaired) electrons. The Hall–Kier alpha value is -3.64. The lowest BCUT2D eigenvalue weighted by Gasteiger charge is -2.10. The van der Waals surface area contributed by atoms with E-state index in [0.29, 0.717) is 17.9 Å². The van der Waals surface area contributed by atoms with Gasteiger partial charge in [0, 0.05) is 38.2 Å². The van der Waals surface area contributed by atoms with Crippen LogP contribution < -0.4 is 10.6 Å². The van der Waals surface area contributed by atoms with Crippen LogP contribution in [0.25, 0.3) is 0 Å². The number of amides is 2. The number of halogens is 3. The fourth-order valence-corrected chi connectivity index (χ4v) is 3.64. The van der Waals surface area contributed by atoms with Gasteiger partial charge in [-0.2, -0.15) is 28.5 Å². The van der Waals surface area contributed by atoms with Crippen LogP contribution in [0.5, 0.6) is 0 Å². The first-order chi connectivity index (χ1) is 16.1. The van der Waals surface area contributed by atoms with E-state index in [9.17, 15) is 22.8 Å². The maximum absolute atomic E-state index is 13.1. The Kier molecular flexibility index (Phi) is 6.19. The van der Waals surface area contributed by atoms with Gasteiger partial charge in [-0.05, 0) is 32.8 Å².